The average molecular weight is 289 g/mol. The van der Waals surface area contributed by atoms with Crippen molar-refractivity contribution in [1.29, 1.82) is 0 Å². The van der Waals surface area contributed by atoms with Gasteiger partial charge >= 0.3 is 12.0 Å². The quantitative estimate of drug-likeness (QED) is 0.551. The van der Waals surface area contributed by atoms with E-state index in [9.17, 15) is 19.2 Å². The van der Waals surface area contributed by atoms with Gasteiger partial charge in [0, 0.05) is 0 Å². The Morgan fingerprint density at radius 3 is 2.47 bits per heavy atom. The monoisotopic (exact) mass is 289 g/mol. The van der Waals surface area contributed by atoms with E-state index >= 15 is 0 Å². The lowest BCUT2D eigenvalue weighted by Gasteiger charge is -2.27. The maximum atomic E-state index is 11.8. The number of urea groups is 1. The normalized spacial score (nSPS) is 16.8. The molecule has 3 N–H and O–H groups in total. The van der Waals surface area contributed by atoms with Crippen molar-refractivity contribution in [2.45, 2.75) is 12.5 Å². The summed E-state index contributed by atoms with van der Waals surface area (Å²) in [6.07, 6.45) is 2.10. The molecule has 1 fully saturated rings. The highest BCUT2D eigenvalue weighted by molar-refractivity contribution is 7.98. The zero-order valence-corrected chi connectivity index (χ0v) is 11.2. The van der Waals surface area contributed by atoms with Gasteiger partial charge in [0.05, 0.1) is 0 Å². The van der Waals surface area contributed by atoms with Crippen LogP contribution in [0, 0.1) is 0 Å². The van der Waals surface area contributed by atoms with E-state index in [1.54, 1.807) is 0 Å². The molecule has 1 saturated heterocycles. The topological polar surface area (TPSA) is 116 Å². The third-order valence-electron chi connectivity index (χ3n) is 2.44. The number of nitrogens with zero attached hydrogens (tertiary/aromatic N) is 1. The number of imide groups is 1. The van der Waals surface area contributed by atoms with Gasteiger partial charge in [-0.25, -0.2) is 9.59 Å². The lowest BCUT2D eigenvalue weighted by atomic mass is 10.2. The molecule has 0 radical (unpaired) electrons. The standard InChI is InChI=1S/C10H15N3O5S/c1-19-3-2-6(9(16)17)11-10(18)13-4-7(14)12-8(15)5-13/h6H,2-5H2,1H3,(H,11,18)(H,16,17)(H,12,14,15)/t6-/m1/s1. The van der Waals surface area contributed by atoms with E-state index in [0.717, 1.165) is 4.90 Å². The number of carbonyl (C=O) groups excluding carboxylic acids is 3. The summed E-state index contributed by atoms with van der Waals surface area (Å²) < 4.78 is 0. The van der Waals surface area contributed by atoms with E-state index in [1.165, 1.54) is 11.8 Å². The molecule has 1 rings (SSSR count). The Bertz CT molecular complexity index is 385. The van der Waals surface area contributed by atoms with Crippen molar-refractivity contribution in [2.24, 2.45) is 0 Å². The molecule has 0 aliphatic carbocycles. The number of aliphatic carboxylic acids is 1. The summed E-state index contributed by atoms with van der Waals surface area (Å²) >= 11 is 1.46. The number of carboxylic acid groups (broad SMARTS) is 1. The third kappa shape index (κ3) is 4.78. The van der Waals surface area contributed by atoms with Gasteiger partial charge in [0.2, 0.25) is 11.8 Å². The highest BCUT2D eigenvalue weighted by Crippen LogP contribution is 2.03. The molecule has 0 aromatic carbocycles. The smallest absolute Gasteiger partial charge is 0.326 e. The molecule has 106 valence electrons. The largest absolute Gasteiger partial charge is 0.480 e. The molecule has 0 saturated carbocycles. The Hall–Kier alpha value is -1.77. The lowest BCUT2D eigenvalue weighted by Crippen LogP contribution is -2.57. The fourth-order valence-electron chi connectivity index (χ4n) is 1.51. The number of carboxylic acids is 1. The number of hydrogen-bond donors (Lipinski definition) is 3. The van der Waals surface area contributed by atoms with Crippen LogP contribution in [0.3, 0.4) is 0 Å². The highest BCUT2D eigenvalue weighted by atomic mass is 32.2. The molecule has 0 aromatic rings. The van der Waals surface area contributed by atoms with Crippen LogP contribution in [0.2, 0.25) is 0 Å². The van der Waals surface area contributed by atoms with Crippen LogP contribution < -0.4 is 10.6 Å². The van der Waals surface area contributed by atoms with Gasteiger partial charge in [-0.05, 0) is 18.4 Å². The van der Waals surface area contributed by atoms with Gasteiger partial charge in [-0.2, -0.15) is 11.8 Å². The minimum Gasteiger partial charge on any atom is -0.480 e. The third-order valence-corrected chi connectivity index (χ3v) is 3.09. The molecule has 19 heavy (non-hydrogen) atoms. The number of carbonyl (C=O) groups is 4. The van der Waals surface area contributed by atoms with Crippen LogP contribution in [0.4, 0.5) is 4.79 Å². The van der Waals surface area contributed by atoms with Crippen LogP contribution in [0.5, 0.6) is 0 Å². The van der Waals surface area contributed by atoms with Crippen LogP contribution in [0.1, 0.15) is 6.42 Å². The summed E-state index contributed by atoms with van der Waals surface area (Å²) in [5.41, 5.74) is 0. The predicted molar refractivity (Wildman–Crippen MR) is 67.7 cm³/mol. The molecule has 1 aliphatic rings. The summed E-state index contributed by atoms with van der Waals surface area (Å²) in [5, 5.41) is 13.3. The van der Waals surface area contributed by atoms with Crippen LogP contribution in [-0.2, 0) is 14.4 Å². The average Bonchev–Trinajstić information content (AvgIpc) is 2.32. The second-order valence-electron chi connectivity index (χ2n) is 3.95. The van der Waals surface area contributed by atoms with Gasteiger partial charge in [0.15, 0.2) is 0 Å². The fourth-order valence-corrected chi connectivity index (χ4v) is 1.99. The molecular weight excluding hydrogens is 274 g/mol. The zero-order chi connectivity index (χ0) is 14.4. The van der Waals surface area contributed by atoms with Crippen LogP contribution in [-0.4, -0.2) is 65.0 Å². The summed E-state index contributed by atoms with van der Waals surface area (Å²) in [5.74, 6) is -1.73. The predicted octanol–water partition coefficient (Wildman–Crippen LogP) is -1.14. The Kier molecular flexibility index (Phi) is 5.61. The molecular formula is C10H15N3O5S. The van der Waals surface area contributed by atoms with Gasteiger partial charge in [-0.3, -0.25) is 14.9 Å². The molecule has 8 nitrogen and oxygen atoms in total. The summed E-state index contributed by atoms with van der Waals surface area (Å²) in [7, 11) is 0. The van der Waals surface area contributed by atoms with Gasteiger partial charge in [-0.1, -0.05) is 0 Å². The van der Waals surface area contributed by atoms with Gasteiger partial charge < -0.3 is 15.3 Å². The number of rotatable bonds is 5. The first kappa shape index (κ1) is 15.3. The van der Waals surface area contributed by atoms with Crippen molar-refractivity contribution < 1.29 is 24.3 Å². The van der Waals surface area contributed by atoms with Gasteiger partial charge in [-0.15, -0.1) is 0 Å². The first-order valence-corrected chi connectivity index (χ1v) is 6.93. The molecule has 0 bridgehead atoms. The second kappa shape index (κ2) is 6.98. The van der Waals surface area contributed by atoms with Crippen molar-refractivity contribution in [3.05, 3.63) is 0 Å². The van der Waals surface area contributed by atoms with E-state index < -0.39 is 29.9 Å². The minimum atomic E-state index is -1.14. The molecule has 1 aliphatic heterocycles. The molecule has 9 heteroatoms. The molecule has 0 unspecified atom stereocenters. The minimum absolute atomic E-state index is 0.257. The Morgan fingerprint density at radius 1 is 1.42 bits per heavy atom. The summed E-state index contributed by atoms with van der Waals surface area (Å²) in [6, 6.07) is -1.75. The van der Waals surface area contributed by atoms with E-state index in [2.05, 4.69) is 10.6 Å². The van der Waals surface area contributed by atoms with Crippen molar-refractivity contribution >= 4 is 35.6 Å². The van der Waals surface area contributed by atoms with E-state index in [-0.39, 0.29) is 19.5 Å². The van der Waals surface area contributed by atoms with Crippen molar-refractivity contribution in [2.75, 3.05) is 25.1 Å². The number of amides is 4. The summed E-state index contributed by atoms with van der Waals surface area (Å²) in [4.78, 5) is 45.9. The SMILES string of the molecule is CSCC[C@@H](NC(=O)N1CC(=O)NC(=O)C1)C(=O)O. The molecule has 1 heterocycles. The number of thioether (sulfide) groups is 1. The molecule has 0 spiro atoms. The number of nitrogens with one attached hydrogen (secondary N) is 2. The fraction of sp³-hybridized carbons (Fsp3) is 0.600. The number of hydrogen-bond acceptors (Lipinski definition) is 5. The lowest BCUT2D eigenvalue weighted by molar-refractivity contribution is -0.139. The van der Waals surface area contributed by atoms with Crippen molar-refractivity contribution in [1.82, 2.24) is 15.5 Å². The maximum absolute atomic E-state index is 11.8. The van der Waals surface area contributed by atoms with E-state index in [4.69, 9.17) is 5.11 Å². The van der Waals surface area contributed by atoms with Crippen molar-refractivity contribution in [3.63, 3.8) is 0 Å². The van der Waals surface area contributed by atoms with E-state index in [0.29, 0.717) is 5.75 Å². The first-order chi connectivity index (χ1) is 8.93. The van der Waals surface area contributed by atoms with E-state index in [1.807, 2.05) is 6.26 Å². The molecule has 1 atom stereocenters. The van der Waals surface area contributed by atoms with Crippen LogP contribution in [0.25, 0.3) is 0 Å². The first-order valence-electron chi connectivity index (χ1n) is 5.54. The Labute approximate surface area is 113 Å². The maximum Gasteiger partial charge on any atom is 0.326 e. The molecule has 4 amide bonds. The zero-order valence-electron chi connectivity index (χ0n) is 10.3. The molecule has 0 aromatic heterocycles. The van der Waals surface area contributed by atoms with Crippen LogP contribution in [0.15, 0.2) is 0 Å². The van der Waals surface area contributed by atoms with Crippen molar-refractivity contribution in [3.8, 4) is 0 Å². The van der Waals surface area contributed by atoms with Gasteiger partial charge in [0.25, 0.3) is 0 Å². The Balaban J connectivity index is 2.58. The van der Waals surface area contributed by atoms with Crippen LogP contribution >= 0.6 is 11.8 Å². The highest BCUT2D eigenvalue weighted by Gasteiger charge is 2.29. The van der Waals surface area contributed by atoms with Gasteiger partial charge in [0.1, 0.15) is 19.1 Å². The second-order valence-corrected chi connectivity index (χ2v) is 4.93. The summed E-state index contributed by atoms with van der Waals surface area (Å²) in [6.45, 7) is -0.515. The Morgan fingerprint density at radius 2 is 2.00 bits per heavy atom. The number of piperazine rings is 1.